The monoisotopic (exact) mass is 272 g/mol. The number of thioether (sulfide) groups is 1. The summed E-state index contributed by atoms with van der Waals surface area (Å²) in [6.07, 6.45) is 1.95. The summed E-state index contributed by atoms with van der Waals surface area (Å²) in [6.45, 7) is 0. The maximum absolute atomic E-state index is 11.5. The fourth-order valence-corrected chi connectivity index (χ4v) is 2.77. The average molecular weight is 272 g/mol. The van der Waals surface area contributed by atoms with Gasteiger partial charge in [-0.15, -0.1) is 11.8 Å². The summed E-state index contributed by atoms with van der Waals surface area (Å²) in [5.41, 5.74) is 0. The van der Waals surface area contributed by atoms with Gasteiger partial charge in [-0.25, -0.2) is 8.42 Å². The molecule has 0 heterocycles. The highest BCUT2D eigenvalue weighted by Gasteiger charge is 2.06. The first-order chi connectivity index (χ1) is 7.97. The lowest BCUT2D eigenvalue weighted by Crippen LogP contribution is -2.07. The number of ketones is 1. The molecule has 1 rings (SSSR count). The molecule has 0 fully saturated rings. The van der Waals surface area contributed by atoms with E-state index in [-0.39, 0.29) is 11.5 Å². The van der Waals surface area contributed by atoms with Gasteiger partial charge >= 0.3 is 0 Å². The molecular formula is C12H16O3S2. The van der Waals surface area contributed by atoms with Gasteiger partial charge in [-0.3, -0.25) is 4.79 Å². The van der Waals surface area contributed by atoms with E-state index in [2.05, 4.69) is 0 Å². The Morgan fingerprint density at radius 2 is 1.88 bits per heavy atom. The highest BCUT2D eigenvalue weighted by atomic mass is 32.2. The topological polar surface area (TPSA) is 51.2 Å². The minimum atomic E-state index is -2.95. The lowest BCUT2D eigenvalue weighted by Gasteiger charge is -2.01. The van der Waals surface area contributed by atoms with Crippen molar-refractivity contribution in [3.05, 3.63) is 30.3 Å². The minimum Gasteiger partial charge on any atom is -0.299 e. The van der Waals surface area contributed by atoms with E-state index in [9.17, 15) is 13.2 Å². The number of benzene rings is 1. The van der Waals surface area contributed by atoms with Crippen LogP contribution in [0.1, 0.15) is 12.8 Å². The molecule has 0 unspecified atom stereocenters. The standard InChI is InChI=1S/C12H16O3S2/c1-17(14,15)9-5-6-11(13)10-16-12-7-3-2-4-8-12/h2-4,7-8H,5-6,9-10H2,1H3. The molecule has 17 heavy (non-hydrogen) atoms. The summed E-state index contributed by atoms with van der Waals surface area (Å²) in [7, 11) is -2.95. The van der Waals surface area contributed by atoms with E-state index < -0.39 is 9.84 Å². The summed E-state index contributed by atoms with van der Waals surface area (Å²) in [6, 6.07) is 9.69. The Bertz CT molecular complexity index is 452. The Morgan fingerprint density at radius 3 is 2.47 bits per heavy atom. The Kier molecular flexibility index (Phi) is 5.71. The summed E-state index contributed by atoms with van der Waals surface area (Å²) in [5, 5.41) is 0. The summed E-state index contributed by atoms with van der Waals surface area (Å²) in [4.78, 5) is 12.5. The molecule has 1 aromatic carbocycles. The lowest BCUT2D eigenvalue weighted by molar-refractivity contribution is -0.116. The molecule has 0 N–H and O–H groups in total. The zero-order valence-electron chi connectivity index (χ0n) is 9.76. The summed E-state index contributed by atoms with van der Waals surface area (Å²) in [5.74, 6) is 0.602. The van der Waals surface area contributed by atoms with Crippen molar-refractivity contribution in [2.24, 2.45) is 0 Å². The molecule has 0 saturated heterocycles. The minimum absolute atomic E-state index is 0.0920. The second kappa shape index (κ2) is 6.81. The quantitative estimate of drug-likeness (QED) is 0.714. The molecule has 0 bridgehead atoms. The number of Topliss-reactive ketones (excluding diaryl/α,β-unsaturated/α-hetero) is 1. The van der Waals surface area contributed by atoms with Crippen LogP contribution in [-0.4, -0.2) is 32.0 Å². The largest absolute Gasteiger partial charge is 0.299 e. The van der Waals surface area contributed by atoms with Gasteiger partial charge in [0.15, 0.2) is 0 Å². The molecule has 0 spiro atoms. The van der Waals surface area contributed by atoms with Crippen LogP contribution in [0.5, 0.6) is 0 Å². The van der Waals surface area contributed by atoms with Crippen LogP contribution in [0.25, 0.3) is 0 Å². The maximum Gasteiger partial charge on any atom is 0.147 e. The Labute approximate surface area is 107 Å². The van der Waals surface area contributed by atoms with Gasteiger partial charge < -0.3 is 0 Å². The van der Waals surface area contributed by atoms with Crippen LogP contribution in [0.15, 0.2) is 35.2 Å². The molecular weight excluding hydrogens is 256 g/mol. The molecule has 0 aromatic heterocycles. The van der Waals surface area contributed by atoms with Gasteiger partial charge in [0.25, 0.3) is 0 Å². The van der Waals surface area contributed by atoms with E-state index in [1.165, 1.54) is 18.0 Å². The van der Waals surface area contributed by atoms with E-state index >= 15 is 0 Å². The van der Waals surface area contributed by atoms with Crippen LogP contribution in [0.4, 0.5) is 0 Å². The number of hydrogen-bond acceptors (Lipinski definition) is 4. The van der Waals surface area contributed by atoms with Crippen molar-refractivity contribution in [1.29, 1.82) is 0 Å². The van der Waals surface area contributed by atoms with E-state index in [1.807, 2.05) is 30.3 Å². The van der Waals surface area contributed by atoms with Crippen molar-refractivity contribution in [3.8, 4) is 0 Å². The molecule has 0 atom stereocenters. The predicted molar refractivity (Wildman–Crippen MR) is 71.1 cm³/mol. The zero-order valence-corrected chi connectivity index (χ0v) is 11.4. The first-order valence-electron chi connectivity index (χ1n) is 5.34. The number of carbonyl (C=O) groups is 1. The van der Waals surface area contributed by atoms with Crippen molar-refractivity contribution in [3.63, 3.8) is 0 Å². The van der Waals surface area contributed by atoms with Gasteiger partial charge in [0.2, 0.25) is 0 Å². The fraction of sp³-hybridized carbons (Fsp3) is 0.417. The first kappa shape index (κ1) is 14.3. The highest BCUT2D eigenvalue weighted by molar-refractivity contribution is 8.00. The van der Waals surface area contributed by atoms with Crippen LogP contribution < -0.4 is 0 Å². The van der Waals surface area contributed by atoms with Crippen molar-refractivity contribution < 1.29 is 13.2 Å². The number of rotatable bonds is 7. The Hall–Kier alpha value is -0.810. The zero-order chi connectivity index (χ0) is 12.7. The second-order valence-corrected chi connectivity index (χ2v) is 7.18. The van der Waals surface area contributed by atoms with Crippen LogP contribution in [0, 0.1) is 0 Å². The maximum atomic E-state index is 11.5. The lowest BCUT2D eigenvalue weighted by atomic mass is 10.2. The van der Waals surface area contributed by atoms with Gasteiger partial charge in [-0.2, -0.15) is 0 Å². The van der Waals surface area contributed by atoms with Crippen molar-refractivity contribution in [1.82, 2.24) is 0 Å². The van der Waals surface area contributed by atoms with E-state index in [4.69, 9.17) is 0 Å². The van der Waals surface area contributed by atoms with Gasteiger partial charge in [0, 0.05) is 17.6 Å². The molecule has 0 aliphatic rings. The van der Waals surface area contributed by atoms with Crippen LogP contribution in [-0.2, 0) is 14.6 Å². The van der Waals surface area contributed by atoms with Crippen LogP contribution in [0.2, 0.25) is 0 Å². The van der Waals surface area contributed by atoms with E-state index in [0.717, 1.165) is 4.90 Å². The summed E-state index contributed by atoms with van der Waals surface area (Å²) >= 11 is 1.49. The number of carbonyl (C=O) groups excluding carboxylic acids is 1. The molecule has 0 radical (unpaired) electrons. The van der Waals surface area contributed by atoms with Gasteiger partial charge in [-0.05, 0) is 18.6 Å². The smallest absolute Gasteiger partial charge is 0.147 e. The fourth-order valence-electron chi connectivity index (χ4n) is 1.28. The molecule has 0 aliphatic heterocycles. The third-order valence-corrected chi connectivity index (χ3v) is 4.22. The molecule has 5 heteroatoms. The van der Waals surface area contributed by atoms with E-state index in [1.54, 1.807) is 0 Å². The second-order valence-electron chi connectivity index (χ2n) is 3.87. The van der Waals surface area contributed by atoms with Crippen molar-refractivity contribution in [2.45, 2.75) is 17.7 Å². The van der Waals surface area contributed by atoms with Gasteiger partial charge in [0.05, 0.1) is 11.5 Å². The van der Waals surface area contributed by atoms with Crippen LogP contribution in [0.3, 0.4) is 0 Å². The molecule has 0 amide bonds. The van der Waals surface area contributed by atoms with Crippen molar-refractivity contribution in [2.75, 3.05) is 17.8 Å². The average Bonchev–Trinajstić information content (AvgIpc) is 2.26. The first-order valence-corrected chi connectivity index (χ1v) is 8.39. The SMILES string of the molecule is CS(=O)(=O)CCCC(=O)CSc1ccccc1. The molecule has 0 aliphatic carbocycles. The third kappa shape index (κ3) is 7.18. The Balaban J connectivity index is 2.22. The third-order valence-electron chi connectivity index (χ3n) is 2.11. The Morgan fingerprint density at radius 1 is 1.24 bits per heavy atom. The van der Waals surface area contributed by atoms with Crippen LogP contribution >= 0.6 is 11.8 Å². The van der Waals surface area contributed by atoms with Crippen molar-refractivity contribution >= 4 is 27.4 Å². The summed E-state index contributed by atoms with van der Waals surface area (Å²) < 4.78 is 21.8. The van der Waals surface area contributed by atoms with E-state index in [0.29, 0.717) is 18.6 Å². The normalized spacial score (nSPS) is 11.4. The molecule has 1 aromatic rings. The predicted octanol–water partition coefficient (Wildman–Crippen LogP) is 2.17. The number of sulfone groups is 1. The van der Waals surface area contributed by atoms with Gasteiger partial charge in [0.1, 0.15) is 15.6 Å². The molecule has 94 valence electrons. The highest BCUT2D eigenvalue weighted by Crippen LogP contribution is 2.17. The van der Waals surface area contributed by atoms with Gasteiger partial charge in [-0.1, -0.05) is 18.2 Å². The number of hydrogen-bond donors (Lipinski definition) is 0. The molecule has 3 nitrogen and oxygen atoms in total. The molecule has 0 saturated carbocycles.